The number of hydrogen-bond acceptors (Lipinski definition) is 2. The Bertz CT molecular complexity index is 647. The van der Waals surface area contributed by atoms with Gasteiger partial charge in [0.25, 0.3) is 5.91 Å². The molecule has 0 saturated carbocycles. The zero-order valence-electron chi connectivity index (χ0n) is 12.1. The van der Waals surface area contributed by atoms with Gasteiger partial charge in [-0.05, 0) is 31.5 Å². The second-order valence-electron chi connectivity index (χ2n) is 5.10. The average Bonchev–Trinajstić information content (AvgIpc) is 2.44. The molecule has 2 rings (SSSR count). The van der Waals surface area contributed by atoms with Crippen LogP contribution in [0.25, 0.3) is 0 Å². The summed E-state index contributed by atoms with van der Waals surface area (Å²) >= 11 is 5.08. The summed E-state index contributed by atoms with van der Waals surface area (Å²) < 4.78 is 0. The van der Waals surface area contributed by atoms with Crippen molar-refractivity contribution in [2.24, 2.45) is 5.73 Å². The third kappa shape index (κ3) is 3.89. The van der Waals surface area contributed by atoms with Crippen molar-refractivity contribution in [1.29, 1.82) is 0 Å². The van der Waals surface area contributed by atoms with Gasteiger partial charge in [-0.1, -0.05) is 59.7 Å². The number of rotatable bonds is 4. The highest BCUT2D eigenvalue weighted by Crippen LogP contribution is 2.15. The quantitative estimate of drug-likeness (QED) is 0.853. The molecule has 0 aliphatic rings. The number of carbonyl (C=O) groups is 1. The summed E-state index contributed by atoms with van der Waals surface area (Å²) in [6, 6.07) is 14.7. The van der Waals surface area contributed by atoms with Crippen LogP contribution >= 0.6 is 12.2 Å². The molecule has 0 bridgehead atoms. The van der Waals surface area contributed by atoms with Crippen LogP contribution in [0.5, 0.6) is 0 Å². The number of hydrogen-bond donors (Lipinski definition) is 2. The van der Waals surface area contributed by atoms with Crippen molar-refractivity contribution < 1.29 is 4.79 Å². The van der Waals surface area contributed by atoms with Crippen molar-refractivity contribution in [2.75, 3.05) is 0 Å². The van der Waals surface area contributed by atoms with Gasteiger partial charge in [0.1, 0.15) is 11.0 Å². The van der Waals surface area contributed by atoms with Crippen LogP contribution in [0.3, 0.4) is 0 Å². The second kappa shape index (κ2) is 6.50. The van der Waals surface area contributed by atoms with Crippen molar-refractivity contribution >= 4 is 23.1 Å². The predicted octanol–water partition coefficient (Wildman–Crippen LogP) is 3.06. The molecule has 21 heavy (non-hydrogen) atoms. The van der Waals surface area contributed by atoms with E-state index in [4.69, 9.17) is 18.0 Å². The van der Waals surface area contributed by atoms with E-state index in [0.717, 1.165) is 16.7 Å². The summed E-state index contributed by atoms with van der Waals surface area (Å²) in [5.74, 6) is -0.177. The smallest absolute Gasteiger partial charge is 0.252 e. The van der Waals surface area contributed by atoms with Crippen LogP contribution in [0.4, 0.5) is 0 Å². The van der Waals surface area contributed by atoms with E-state index in [1.807, 2.05) is 62.4 Å². The first kappa shape index (κ1) is 15.2. The highest BCUT2D eigenvalue weighted by Gasteiger charge is 2.18. The molecule has 1 atom stereocenters. The third-order valence-electron chi connectivity index (χ3n) is 3.18. The lowest BCUT2D eigenvalue weighted by molar-refractivity contribution is 0.0946. The minimum Gasteiger partial charge on any atom is -0.391 e. The molecule has 0 aliphatic carbocycles. The Kier molecular flexibility index (Phi) is 4.70. The number of amides is 1. The Morgan fingerprint density at radius 3 is 2.19 bits per heavy atom. The molecule has 0 aromatic heterocycles. The van der Waals surface area contributed by atoms with Crippen LogP contribution in [0.2, 0.25) is 0 Å². The van der Waals surface area contributed by atoms with Gasteiger partial charge < -0.3 is 11.1 Å². The first-order valence-electron chi connectivity index (χ1n) is 6.71. The number of nitrogens with two attached hydrogens (primary N) is 1. The maximum absolute atomic E-state index is 12.4. The number of aryl methyl sites for hydroxylation is 2. The van der Waals surface area contributed by atoms with E-state index in [1.54, 1.807) is 0 Å². The zero-order chi connectivity index (χ0) is 15.4. The van der Waals surface area contributed by atoms with E-state index in [0.29, 0.717) is 5.56 Å². The Hall–Kier alpha value is -2.20. The molecule has 4 heteroatoms. The number of carbonyl (C=O) groups excluding carboxylic acids is 1. The Morgan fingerprint density at radius 1 is 1.10 bits per heavy atom. The molecule has 2 aromatic carbocycles. The lowest BCUT2D eigenvalue weighted by Crippen LogP contribution is -2.36. The molecule has 108 valence electrons. The fourth-order valence-electron chi connectivity index (χ4n) is 2.28. The van der Waals surface area contributed by atoms with Gasteiger partial charge in [-0.15, -0.1) is 0 Å². The fourth-order valence-corrected chi connectivity index (χ4v) is 2.48. The molecule has 0 saturated heterocycles. The number of benzene rings is 2. The Balaban J connectivity index is 2.25. The number of nitrogens with one attached hydrogen (secondary N) is 1. The molecule has 0 fully saturated rings. The van der Waals surface area contributed by atoms with Crippen LogP contribution in [0.1, 0.15) is 33.1 Å². The molecule has 1 unspecified atom stereocenters. The van der Waals surface area contributed by atoms with E-state index in [1.165, 1.54) is 0 Å². The summed E-state index contributed by atoms with van der Waals surface area (Å²) in [4.78, 5) is 12.7. The van der Waals surface area contributed by atoms with E-state index >= 15 is 0 Å². The van der Waals surface area contributed by atoms with Crippen molar-refractivity contribution in [3.63, 3.8) is 0 Å². The van der Waals surface area contributed by atoms with Gasteiger partial charge in [-0.25, -0.2) is 0 Å². The summed E-state index contributed by atoms with van der Waals surface area (Å²) in [6.45, 7) is 3.93. The van der Waals surface area contributed by atoms with Gasteiger partial charge in [-0.3, -0.25) is 4.79 Å². The highest BCUT2D eigenvalue weighted by atomic mass is 32.1. The molecule has 3 nitrogen and oxygen atoms in total. The topological polar surface area (TPSA) is 55.1 Å². The highest BCUT2D eigenvalue weighted by molar-refractivity contribution is 7.80. The molecule has 0 spiro atoms. The van der Waals surface area contributed by atoms with Gasteiger partial charge >= 0.3 is 0 Å². The molecular weight excluding hydrogens is 280 g/mol. The van der Waals surface area contributed by atoms with E-state index in [9.17, 15) is 4.79 Å². The molecule has 0 heterocycles. The number of thiocarbonyl (C=S) groups is 1. The summed E-state index contributed by atoms with van der Waals surface area (Å²) in [5, 5.41) is 2.90. The van der Waals surface area contributed by atoms with Crippen molar-refractivity contribution in [3.05, 3.63) is 70.8 Å². The lowest BCUT2D eigenvalue weighted by atomic mass is 10.0. The zero-order valence-corrected chi connectivity index (χ0v) is 12.9. The van der Waals surface area contributed by atoms with Gasteiger partial charge in [0, 0.05) is 5.56 Å². The maximum atomic E-state index is 12.4. The summed E-state index contributed by atoms with van der Waals surface area (Å²) in [6.07, 6.45) is 0. The maximum Gasteiger partial charge on any atom is 0.252 e. The SMILES string of the molecule is Cc1cc(C)cc(C(=O)NC(C(N)=S)c2ccccc2)c1. The molecule has 0 radical (unpaired) electrons. The Labute approximate surface area is 130 Å². The van der Waals surface area contributed by atoms with E-state index < -0.39 is 6.04 Å². The fraction of sp³-hybridized carbons (Fsp3) is 0.176. The summed E-state index contributed by atoms with van der Waals surface area (Å²) in [7, 11) is 0. The van der Waals surface area contributed by atoms with Crippen LogP contribution in [-0.2, 0) is 0 Å². The molecule has 3 N–H and O–H groups in total. The third-order valence-corrected chi connectivity index (χ3v) is 3.41. The molecular formula is C17H18N2OS. The van der Waals surface area contributed by atoms with Gasteiger partial charge in [0.15, 0.2) is 0 Å². The van der Waals surface area contributed by atoms with Crippen LogP contribution < -0.4 is 11.1 Å². The summed E-state index contributed by atoms with van der Waals surface area (Å²) in [5.41, 5.74) is 9.36. The minimum absolute atomic E-state index is 0.177. The molecule has 2 aromatic rings. The van der Waals surface area contributed by atoms with E-state index in [2.05, 4.69) is 5.32 Å². The second-order valence-corrected chi connectivity index (χ2v) is 5.57. The normalized spacial score (nSPS) is 11.7. The van der Waals surface area contributed by atoms with Crippen LogP contribution in [-0.4, -0.2) is 10.9 Å². The van der Waals surface area contributed by atoms with Crippen molar-refractivity contribution in [3.8, 4) is 0 Å². The van der Waals surface area contributed by atoms with Gasteiger partial charge in [0.05, 0.1) is 0 Å². The van der Waals surface area contributed by atoms with E-state index in [-0.39, 0.29) is 10.9 Å². The first-order chi connectivity index (χ1) is 9.97. The molecule has 1 amide bonds. The largest absolute Gasteiger partial charge is 0.391 e. The lowest BCUT2D eigenvalue weighted by Gasteiger charge is -2.18. The monoisotopic (exact) mass is 298 g/mol. The predicted molar refractivity (Wildman–Crippen MR) is 89.4 cm³/mol. The van der Waals surface area contributed by atoms with Crippen LogP contribution in [0.15, 0.2) is 48.5 Å². The average molecular weight is 298 g/mol. The van der Waals surface area contributed by atoms with Crippen molar-refractivity contribution in [2.45, 2.75) is 19.9 Å². The van der Waals surface area contributed by atoms with Crippen LogP contribution in [0, 0.1) is 13.8 Å². The van der Waals surface area contributed by atoms with Gasteiger partial charge in [-0.2, -0.15) is 0 Å². The van der Waals surface area contributed by atoms with Crippen molar-refractivity contribution in [1.82, 2.24) is 5.32 Å². The van der Waals surface area contributed by atoms with Gasteiger partial charge in [0.2, 0.25) is 0 Å². The first-order valence-corrected chi connectivity index (χ1v) is 7.11. The minimum atomic E-state index is -0.463. The molecule has 0 aliphatic heterocycles. The Morgan fingerprint density at radius 2 is 1.67 bits per heavy atom. The standard InChI is InChI=1S/C17H18N2OS/c1-11-8-12(2)10-14(9-11)17(20)19-15(16(18)21)13-6-4-3-5-7-13/h3-10,15H,1-2H3,(H2,18,21)(H,19,20).